The molecule has 1 unspecified atom stereocenters. The summed E-state index contributed by atoms with van der Waals surface area (Å²) in [5.74, 6) is -0.330. The highest BCUT2D eigenvalue weighted by molar-refractivity contribution is 6.35. The van der Waals surface area contributed by atoms with Crippen LogP contribution in [-0.2, 0) is 20.7 Å². The molecular formula is C20H28N2O4. The van der Waals surface area contributed by atoms with Gasteiger partial charge in [0.25, 0.3) is 0 Å². The van der Waals surface area contributed by atoms with Crippen LogP contribution in [0.1, 0.15) is 37.3 Å². The van der Waals surface area contributed by atoms with Crippen molar-refractivity contribution in [1.29, 1.82) is 0 Å². The van der Waals surface area contributed by atoms with Crippen LogP contribution in [-0.4, -0.2) is 44.2 Å². The van der Waals surface area contributed by atoms with E-state index in [0.717, 1.165) is 42.7 Å². The van der Waals surface area contributed by atoms with Crippen LogP contribution >= 0.6 is 0 Å². The zero-order valence-corrected chi connectivity index (χ0v) is 15.8. The molecule has 142 valence electrons. The van der Waals surface area contributed by atoms with Gasteiger partial charge in [-0.15, -0.1) is 0 Å². The Hall–Kier alpha value is -2.08. The number of hydrogen-bond acceptors (Lipinski definition) is 4. The van der Waals surface area contributed by atoms with Crippen molar-refractivity contribution in [2.75, 3.05) is 20.3 Å². The lowest BCUT2D eigenvalue weighted by Gasteiger charge is -2.44. The quantitative estimate of drug-likeness (QED) is 0.784. The average molecular weight is 360 g/mol. The van der Waals surface area contributed by atoms with Crippen LogP contribution in [0.4, 0.5) is 0 Å². The number of carbonyl (C=O) groups is 2. The van der Waals surface area contributed by atoms with Crippen LogP contribution in [0.3, 0.4) is 0 Å². The van der Waals surface area contributed by atoms with E-state index in [1.54, 1.807) is 7.11 Å². The second-order valence-corrected chi connectivity index (χ2v) is 7.73. The van der Waals surface area contributed by atoms with Crippen LogP contribution in [0.2, 0.25) is 0 Å². The van der Waals surface area contributed by atoms with Crippen LogP contribution in [0, 0.1) is 12.3 Å². The standard InChI is InChI=1S/C20H28N2O4/c1-13-4-5-17(25-3)15(8-13)6-7-21-18(23)19(24)22-16-10-20(11-16)9-14(2)26-12-20/h4-5,8,14,16H,6-7,9-12H2,1-3H3,(H,21,23)(H,22,24). The van der Waals surface area contributed by atoms with Gasteiger partial charge in [-0.25, -0.2) is 0 Å². The van der Waals surface area contributed by atoms with E-state index < -0.39 is 11.8 Å². The minimum absolute atomic E-state index is 0.0824. The molecule has 2 aliphatic rings. The van der Waals surface area contributed by atoms with E-state index in [1.807, 2.05) is 25.1 Å². The summed E-state index contributed by atoms with van der Waals surface area (Å²) >= 11 is 0. The Balaban J connectivity index is 1.40. The number of ether oxygens (including phenoxy) is 2. The molecule has 0 aromatic heterocycles. The van der Waals surface area contributed by atoms with E-state index in [-0.39, 0.29) is 11.5 Å². The normalized spacial score (nSPS) is 27.0. The second kappa shape index (κ2) is 7.66. The van der Waals surface area contributed by atoms with Crippen molar-refractivity contribution in [2.24, 2.45) is 5.41 Å². The molecule has 6 heteroatoms. The molecule has 1 spiro atoms. The fraction of sp³-hybridized carbons (Fsp3) is 0.600. The zero-order chi connectivity index (χ0) is 18.7. The number of nitrogens with one attached hydrogen (secondary N) is 2. The summed E-state index contributed by atoms with van der Waals surface area (Å²) in [7, 11) is 1.63. The number of benzene rings is 1. The smallest absolute Gasteiger partial charge is 0.309 e. The Morgan fingerprint density at radius 1 is 1.27 bits per heavy atom. The van der Waals surface area contributed by atoms with Gasteiger partial charge in [-0.2, -0.15) is 0 Å². The van der Waals surface area contributed by atoms with Crippen LogP contribution in [0.15, 0.2) is 18.2 Å². The predicted octanol–water partition coefficient (Wildman–Crippen LogP) is 1.74. The molecule has 1 aliphatic heterocycles. The lowest BCUT2D eigenvalue weighted by Crippen LogP contribution is -2.54. The van der Waals surface area contributed by atoms with Gasteiger partial charge in [0.15, 0.2) is 0 Å². The Labute approximate surface area is 154 Å². The third kappa shape index (κ3) is 4.18. The number of hydrogen-bond donors (Lipinski definition) is 2. The minimum Gasteiger partial charge on any atom is -0.496 e. The van der Waals surface area contributed by atoms with Crippen molar-refractivity contribution in [3.05, 3.63) is 29.3 Å². The molecule has 1 aromatic rings. The molecule has 0 bridgehead atoms. The molecule has 3 rings (SSSR count). The van der Waals surface area contributed by atoms with Gasteiger partial charge in [-0.1, -0.05) is 17.7 Å². The molecule has 2 N–H and O–H groups in total. The fourth-order valence-electron chi connectivity index (χ4n) is 4.16. The van der Waals surface area contributed by atoms with E-state index in [0.29, 0.717) is 19.1 Å². The fourth-order valence-corrected chi connectivity index (χ4v) is 4.16. The summed E-state index contributed by atoms with van der Waals surface area (Å²) in [4.78, 5) is 24.1. The molecular weight excluding hydrogens is 332 g/mol. The first-order chi connectivity index (χ1) is 12.4. The van der Waals surface area contributed by atoms with Gasteiger partial charge in [0, 0.05) is 18.0 Å². The molecule has 6 nitrogen and oxygen atoms in total. The molecule has 2 amide bonds. The van der Waals surface area contributed by atoms with Crippen LogP contribution in [0.25, 0.3) is 0 Å². The molecule has 1 aliphatic carbocycles. The third-order valence-corrected chi connectivity index (χ3v) is 5.41. The first-order valence-corrected chi connectivity index (χ1v) is 9.25. The monoisotopic (exact) mass is 360 g/mol. The molecule has 1 heterocycles. The third-order valence-electron chi connectivity index (χ3n) is 5.41. The molecule has 1 atom stereocenters. The second-order valence-electron chi connectivity index (χ2n) is 7.73. The van der Waals surface area contributed by atoms with Gasteiger partial charge >= 0.3 is 11.8 Å². The maximum atomic E-state index is 12.1. The minimum atomic E-state index is -0.575. The number of aryl methyl sites for hydroxylation is 1. The van der Waals surface area contributed by atoms with E-state index in [2.05, 4.69) is 17.6 Å². The highest BCUT2D eigenvalue weighted by Crippen LogP contribution is 2.49. The number of amides is 2. The summed E-state index contributed by atoms with van der Waals surface area (Å²) in [6.45, 7) is 5.25. The van der Waals surface area contributed by atoms with Gasteiger partial charge in [0.1, 0.15) is 5.75 Å². The first-order valence-electron chi connectivity index (χ1n) is 9.25. The van der Waals surface area contributed by atoms with Crippen molar-refractivity contribution < 1.29 is 19.1 Å². The van der Waals surface area contributed by atoms with Gasteiger partial charge in [-0.05, 0) is 51.2 Å². The maximum absolute atomic E-state index is 12.1. The van der Waals surface area contributed by atoms with Gasteiger partial charge in [-0.3, -0.25) is 9.59 Å². The first kappa shape index (κ1) is 18.7. The summed E-state index contributed by atoms with van der Waals surface area (Å²) < 4.78 is 11.0. The van der Waals surface area contributed by atoms with E-state index in [9.17, 15) is 9.59 Å². The van der Waals surface area contributed by atoms with E-state index >= 15 is 0 Å². The Morgan fingerprint density at radius 2 is 2.04 bits per heavy atom. The van der Waals surface area contributed by atoms with Gasteiger partial charge in [0.2, 0.25) is 0 Å². The largest absolute Gasteiger partial charge is 0.496 e. The van der Waals surface area contributed by atoms with Crippen molar-refractivity contribution in [3.63, 3.8) is 0 Å². The Kier molecular flexibility index (Phi) is 5.51. The van der Waals surface area contributed by atoms with E-state index in [4.69, 9.17) is 9.47 Å². The van der Waals surface area contributed by atoms with Gasteiger partial charge in [0.05, 0.1) is 19.8 Å². The van der Waals surface area contributed by atoms with Gasteiger partial charge < -0.3 is 20.1 Å². The van der Waals surface area contributed by atoms with E-state index in [1.165, 1.54) is 0 Å². The highest BCUT2D eigenvalue weighted by atomic mass is 16.5. The predicted molar refractivity (Wildman–Crippen MR) is 98.1 cm³/mol. The summed E-state index contributed by atoms with van der Waals surface area (Å²) in [6, 6.07) is 6.01. The number of methoxy groups -OCH3 is 1. The molecule has 1 saturated carbocycles. The average Bonchev–Trinajstić information content (AvgIpc) is 2.96. The lowest BCUT2D eigenvalue weighted by atomic mass is 9.64. The van der Waals surface area contributed by atoms with Crippen LogP contribution in [0.5, 0.6) is 5.75 Å². The number of rotatable bonds is 5. The molecule has 1 aromatic carbocycles. The lowest BCUT2D eigenvalue weighted by molar-refractivity contribution is -0.140. The van der Waals surface area contributed by atoms with Crippen molar-refractivity contribution >= 4 is 11.8 Å². The summed E-state index contributed by atoms with van der Waals surface area (Å²) in [5, 5.41) is 5.52. The number of carbonyl (C=O) groups excluding carboxylic acids is 2. The van der Waals surface area contributed by atoms with Crippen molar-refractivity contribution in [1.82, 2.24) is 10.6 Å². The Morgan fingerprint density at radius 3 is 2.69 bits per heavy atom. The molecule has 1 saturated heterocycles. The SMILES string of the molecule is COc1ccc(C)cc1CCNC(=O)C(=O)NC1CC2(COC(C)C2)C1. The maximum Gasteiger partial charge on any atom is 0.309 e. The highest BCUT2D eigenvalue weighted by Gasteiger charge is 2.49. The summed E-state index contributed by atoms with van der Waals surface area (Å²) in [5.41, 5.74) is 2.37. The Bertz CT molecular complexity index is 682. The molecule has 26 heavy (non-hydrogen) atoms. The topological polar surface area (TPSA) is 76.7 Å². The molecule has 2 fully saturated rings. The van der Waals surface area contributed by atoms with Crippen molar-refractivity contribution in [3.8, 4) is 5.75 Å². The summed E-state index contributed by atoms with van der Waals surface area (Å²) in [6.07, 6.45) is 3.76. The van der Waals surface area contributed by atoms with Crippen LogP contribution < -0.4 is 15.4 Å². The van der Waals surface area contributed by atoms with Crippen molar-refractivity contribution in [2.45, 2.75) is 51.7 Å². The zero-order valence-electron chi connectivity index (χ0n) is 15.8. The molecule has 0 radical (unpaired) electrons.